The van der Waals surface area contributed by atoms with E-state index in [1.807, 2.05) is 13.0 Å². The van der Waals surface area contributed by atoms with Crippen LogP contribution in [-0.4, -0.2) is 12.4 Å². The van der Waals surface area contributed by atoms with E-state index in [1.54, 1.807) is 19.1 Å². The lowest BCUT2D eigenvalue weighted by atomic mass is 10.1. The molecule has 0 spiro atoms. The number of aryl methyl sites for hydroxylation is 1. The highest BCUT2D eigenvalue weighted by atomic mass is 19.1. The van der Waals surface area contributed by atoms with Crippen LogP contribution >= 0.6 is 0 Å². The van der Waals surface area contributed by atoms with E-state index in [0.717, 1.165) is 19.3 Å². The third kappa shape index (κ3) is 4.86. The Kier molecular flexibility index (Phi) is 6.40. The molecule has 2 nitrogen and oxygen atoms in total. The number of rotatable bonds is 8. The maximum absolute atomic E-state index is 14.0. The molecule has 0 amide bonds. The summed E-state index contributed by atoms with van der Waals surface area (Å²) in [6, 6.07) is 5.25. The molecule has 0 aliphatic rings. The zero-order chi connectivity index (χ0) is 13.4. The number of ether oxygens (including phenoxy) is 1. The second kappa shape index (κ2) is 7.85. The van der Waals surface area contributed by atoms with Crippen molar-refractivity contribution in [3.8, 4) is 5.75 Å². The van der Waals surface area contributed by atoms with Gasteiger partial charge in [-0.3, -0.25) is 0 Å². The molecule has 1 aromatic rings. The SMILES string of the molecule is CCCOc1cccc(CCCCC(C)=O)c1F. The van der Waals surface area contributed by atoms with Crippen LogP contribution in [0.15, 0.2) is 18.2 Å². The van der Waals surface area contributed by atoms with E-state index in [0.29, 0.717) is 30.8 Å². The molecule has 0 saturated heterocycles. The second-order valence-corrected chi connectivity index (χ2v) is 4.49. The normalized spacial score (nSPS) is 10.4. The van der Waals surface area contributed by atoms with Crippen molar-refractivity contribution in [3.63, 3.8) is 0 Å². The molecule has 0 aliphatic heterocycles. The molecule has 3 heteroatoms. The predicted octanol–water partition coefficient (Wildman–Crippen LogP) is 3.92. The minimum atomic E-state index is -0.256. The molecular formula is C15H21FO2. The Balaban J connectivity index is 2.52. The molecule has 0 aliphatic carbocycles. The highest BCUT2D eigenvalue weighted by Gasteiger charge is 2.08. The summed E-state index contributed by atoms with van der Waals surface area (Å²) in [6.07, 6.45) is 3.74. The molecule has 0 aromatic heterocycles. The van der Waals surface area contributed by atoms with Gasteiger partial charge in [0.1, 0.15) is 5.78 Å². The van der Waals surface area contributed by atoms with Crippen LogP contribution in [0.3, 0.4) is 0 Å². The number of carbonyl (C=O) groups excluding carboxylic acids is 1. The van der Waals surface area contributed by atoms with Crippen molar-refractivity contribution in [2.24, 2.45) is 0 Å². The Morgan fingerprint density at radius 3 is 2.78 bits per heavy atom. The van der Waals surface area contributed by atoms with E-state index in [-0.39, 0.29) is 11.6 Å². The van der Waals surface area contributed by atoms with Crippen LogP contribution in [0.4, 0.5) is 4.39 Å². The van der Waals surface area contributed by atoms with Gasteiger partial charge in [-0.05, 0) is 44.2 Å². The van der Waals surface area contributed by atoms with Gasteiger partial charge in [0.25, 0.3) is 0 Å². The molecule has 0 saturated carbocycles. The van der Waals surface area contributed by atoms with Gasteiger partial charge in [0.2, 0.25) is 0 Å². The van der Waals surface area contributed by atoms with Crippen molar-refractivity contribution in [2.45, 2.75) is 46.0 Å². The van der Waals surface area contributed by atoms with Crippen molar-refractivity contribution in [1.29, 1.82) is 0 Å². The number of benzene rings is 1. The van der Waals surface area contributed by atoms with E-state index in [9.17, 15) is 9.18 Å². The summed E-state index contributed by atoms with van der Waals surface area (Å²) in [5, 5.41) is 0. The predicted molar refractivity (Wildman–Crippen MR) is 70.4 cm³/mol. The molecule has 0 bridgehead atoms. The molecule has 1 aromatic carbocycles. The van der Waals surface area contributed by atoms with Crippen molar-refractivity contribution < 1.29 is 13.9 Å². The zero-order valence-corrected chi connectivity index (χ0v) is 11.2. The van der Waals surface area contributed by atoms with Gasteiger partial charge >= 0.3 is 0 Å². The fraction of sp³-hybridized carbons (Fsp3) is 0.533. The number of Topliss-reactive ketones (excluding diaryl/α,β-unsaturated/α-hetero) is 1. The Morgan fingerprint density at radius 1 is 1.33 bits per heavy atom. The summed E-state index contributed by atoms with van der Waals surface area (Å²) in [5.74, 6) is 0.269. The van der Waals surface area contributed by atoms with Crippen molar-refractivity contribution in [1.82, 2.24) is 0 Å². The molecule has 100 valence electrons. The first-order valence-electron chi connectivity index (χ1n) is 6.54. The van der Waals surface area contributed by atoms with E-state index in [4.69, 9.17) is 4.74 Å². The number of unbranched alkanes of at least 4 members (excludes halogenated alkanes) is 1. The molecule has 0 heterocycles. The molecular weight excluding hydrogens is 231 g/mol. The van der Waals surface area contributed by atoms with Crippen molar-refractivity contribution in [3.05, 3.63) is 29.6 Å². The molecule has 1 rings (SSSR count). The van der Waals surface area contributed by atoms with E-state index >= 15 is 0 Å². The van der Waals surface area contributed by atoms with E-state index in [1.165, 1.54) is 0 Å². The average Bonchev–Trinajstić information content (AvgIpc) is 2.34. The summed E-state index contributed by atoms with van der Waals surface area (Å²) >= 11 is 0. The summed E-state index contributed by atoms with van der Waals surface area (Å²) in [7, 11) is 0. The van der Waals surface area contributed by atoms with Crippen molar-refractivity contribution in [2.75, 3.05) is 6.61 Å². The Bertz CT molecular complexity index is 388. The van der Waals surface area contributed by atoms with Gasteiger partial charge in [-0.1, -0.05) is 19.1 Å². The van der Waals surface area contributed by atoms with Gasteiger partial charge in [-0.25, -0.2) is 4.39 Å². The summed E-state index contributed by atoms with van der Waals surface area (Å²) in [6.45, 7) is 4.11. The fourth-order valence-electron chi connectivity index (χ4n) is 1.76. The smallest absolute Gasteiger partial charge is 0.168 e. The minimum absolute atomic E-state index is 0.190. The molecule has 18 heavy (non-hydrogen) atoms. The molecule has 0 atom stereocenters. The fourth-order valence-corrected chi connectivity index (χ4v) is 1.76. The van der Waals surface area contributed by atoms with Crippen LogP contribution in [0.1, 0.15) is 45.1 Å². The lowest BCUT2D eigenvalue weighted by Crippen LogP contribution is -2.00. The Labute approximate surface area is 108 Å². The largest absolute Gasteiger partial charge is 0.491 e. The first kappa shape index (κ1) is 14.7. The molecule has 0 radical (unpaired) electrons. The Hall–Kier alpha value is -1.38. The maximum atomic E-state index is 14.0. The van der Waals surface area contributed by atoms with E-state index < -0.39 is 0 Å². The number of halogens is 1. The summed E-state index contributed by atoms with van der Waals surface area (Å²) in [4.78, 5) is 10.8. The number of hydrogen-bond donors (Lipinski definition) is 0. The van der Waals surface area contributed by atoms with Gasteiger partial charge in [0.05, 0.1) is 6.61 Å². The van der Waals surface area contributed by atoms with Gasteiger partial charge < -0.3 is 9.53 Å². The zero-order valence-electron chi connectivity index (χ0n) is 11.2. The lowest BCUT2D eigenvalue weighted by molar-refractivity contribution is -0.117. The highest BCUT2D eigenvalue weighted by Crippen LogP contribution is 2.22. The van der Waals surface area contributed by atoms with Crippen molar-refractivity contribution >= 4 is 5.78 Å². The third-order valence-corrected chi connectivity index (χ3v) is 2.73. The third-order valence-electron chi connectivity index (χ3n) is 2.73. The van der Waals surface area contributed by atoms with Crippen LogP contribution in [0, 0.1) is 5.82 Å². The topological polar surface area (TPSA) is 26.3 Å². The lowest BCUT2D eigenvalue weighted by Gasteiger charge is -2.09. The summed E-state index contributed by atoms with van der Waals surface area (Å²) < 4.78 is 19.3. The summed E-state index contributed by atoms with van der Waals surface area (Å²) in [5.41, 5.74) is 0.673. The molecule has 0 N–H and O–H groups in total. The van der Waals surface area contributed by atoms with Crippen LogP contribution in [-0.2, 0) is 11.2 Å². The number of carbonyl (C=O) groups is 1. The monoisotopic (exact) mass is 252 g/mol. The molecule has 0 fully saturated rings. The first-order valence-corrected chi connectivity index (χ1v) is 6.54. The molecule has 0 unspecified atom stereocenters. The number of ketones is 1. The minimum Gasteiger partial charge on any atom is -0.491 e. The Morgan fingerprint density at radius 2 is 2.11 bits per heavy atom. The van der Waals surface area contributed by atoms with E-state index in [2.05, 4.69) is 0 Å². The van der Waals surface area contributed by atoms with Gasteiger partial charge in [-0.2, -0.15) is 0 Å². The quantitative estimate of drug-likeness (QED) is 0.655. The van der Waals surface area contributed by atoms with Crippen LogP contribution in [0.5, 0.6) is 5.75 Å². The highest BCUT2D eigenvalue weighted by molar-refractivity contribution is 5.75. The maximum Gasteiger partial charge on any atom is 0.168 e. The standard InChI is InChI=1S/C15H21FO2/c1-3-11-18-14-10-6-9-13(15(14)16)8-5-4-7-12(2)17/h6,9-10H,3-5,7-8,11H2,1-2H3. The van der Waals surface area contributed by atoms with Crippen LogP contribution in [0.25, 0.3) is 0 Å². The second-order valence-electron chi connectivity index (χ2n) is 4.49. The number of hydrogen-bond acceptors (Lipinski definition) is 2. The van der Waals surface area contributed by atoms with Gasteiger partial charge in [0, 0.05) is 6.42 Å². The first-order chi connectivity index (χ1) is 8.65. The van der Waals surface area contributed by atoms with Crippen LogP contribution in [0.2, 0.25) is 0 Å². The van der Waals surface area contributed by atoms with Gasteiger partial charge in [-0.15, -0.1) is 0 Å². The van der Waals surface area contributed by atoms with Gasteiger partial charge in [0.15, 0.2) is 11.6 Å². The van der Waals surface area contributed by atoms with Crippen LogP contribution < -0.4 is 4.74 Å². The average molecular weight is 252 g/mol.